The molecule has 3 aromatic rings. The van der Waals surface area contributed by atoms with E-state index in [1.165, 1.54) is 6.07 Å². The normalized spacial score (nSPS) is 13.9. The molecule has 1 heterocycles. The molecule has 1 aliphatic rings. The molecule has 0 radical (unpaired) electrons. The number of nitrogens with one attached hydrogen (secondary N) is 3. The third-order valence-electron chi connectivity index (χ3n) is 5.07. The number of aromatic nitrogens is 1. The zero-order chi connectivity index (χ0) is 22.3. The van der Waals surface area contributed by atoms with Gasteiger partial charge in [0.25, 0.3) is 5.91 Å². The minimum absolute atomic E-state index is 0.0893. The predicted octanol–water partition coefficient (Wildman–Crippen LogP) is 3.28. The summed E-state index contributed by atoms with van der Waals surface area (Å²) in [6.07, 6.45) is 1.86. The number of halogens is 1. The van der Waals surface area contributed by atoms with Crippen LogP contribution in [0.1, 0.15) is 34.5 Å². The minimum Gasteiger partial charge on any atom is -0.352 e. The Morgan fingerprint density at radius 3 is 2.42 bits per heavy atom. The van der Waals surface area contributed by atoms with Crippen LogP contribution in [0.4, 0.5) is 0 Å². The molecular weight excluding hydrogens is 438 g/mol. The third-order valence-corrected chi connectivity index (χ3v) is 7.12. The van der Waals surface area contributed by atoms with Gasteiger partial charge in [-0.2, -0.15) is 0 Å². The zero-order valence-electron chi connectivity index (χ0n) is 17.1. The van der Waals surface area contributed by atoms with E-state index in [0.717, 1.165) is 24.0 Å². The monoisotopic (exact) mass is 459 g/mol. The molecule has 4 rings (SSSR count). The summed E-state index contributed by atoms with van der Waals surface area (Å²) in [5.74, 6) is -0.991. The summed E-state index contributed by atoms with van der Waals surface area (Å²) in [5, 5.41) is 5.96. The molecule has 0 atom stereocenters. The summed E-state index contributed by atoms with van der Waals surface area (Å²) >= 11 is 6.12. The fraction of sp³-hybridized carbons (Fsp3) is 0.273. The Labute approximate surface area is 185 Å². The fourth-order valence-corrected chi connectivity index (χ4v) is 5.50. The van der Waals surface area contributed by atoms with Gasteiger partial charge in [-0.3, -0.25) is 9.59 Å². The molecule has 0 bridgehead atoms. The number of hydrogen-bond acceptors (Lipinski definition) is 4. The lowest BCUT2D eigenvalue weighted by Crippen LogP contribution is -2.38. The van der Waals surface area contributed by atoms with Crippen molar-refractivity contribution in [3.8, 4) is 0 Å². The highest BCUT2D eigenvalue weighted by molar-refractivity contribution is 7.91. The van der Waals surface area contributed by atoms with Gasteiger partial charge in [0, 0.05) is 22.0 Å². The van der Waals surface area contributed by atoms with Crippen molar-refractivity contribution in [1.29, 1.82) is 0 Å². The molecule has 2 amide bonds. The Morgan fingerprint density at radius 1 is 1.10 bits per heavy atom. The van der Waals surface area contributed by atoms with E-state index in [9.17, 15) is 18.0 Å². The van der Waals surface area contributed by atoms with E-state index in [1.807, 2.05) is 19.9 Å². The van der Waals surface area contributed by atoms with Gasteiger partial charge in [0.1, 0.15) is 10.6 Å². The molecule has 0 saturated heterocycles. The van der Waals surface area contributed by atoms with Crippen LogP contribution in [0.2, 0.25) is 5.02 Å². The summed E-state index contributed by atoms with van der Waals surface area (Å²) in [6.45, 7) is 3.38. The number of fused-ring (bicyclic) bond motifs is 1. The van der Waals surface area contributed by atoms with Crippen LogP contribution >= 0.6 is 11.6 Å². The molecule has 0 aliphatic heterocycles. The van der Waals surface area contributed by atoms with Gasteiger partial charge in [0.2, 0.25) is 15.7 Å². The lowest BCUT2D eigenvalue weighted by atomic mass is 10.2. The number of amides is 2. The van der Waals surface area contributed by atoms with Crippen LogP contribution in [-0.2, 0) is 14.6 Å². The molecule has 1 aromatic heterocycles. The van der Waals surface area contributed by atoms with E-state index in [-0.39, 0.29) is 34.0 Å². The first-order chi connectivity index (χ1) is 14.6. The first-order valence-electron chi connectivity index (χ1n) is 9.87. The smallest absolute Gasteiger partial charge is 0.269 e. The molecule has 1 aliphatic carbocycles. The second-order valence-corrected chi connectivity index (χ2v) is 10.2. The first-order valence-corrected chi connectivity index (χ1v) is 11.7. The highest BCUT2D eigenvalue weighted by Crippen LogP contribution is 2.34. The van der Waals surface area contributed by atoms with Crippen molar-refractivity contribution in [1.82, 2.24) is 15.6 Å². The number of carbonyl (C=O) groups is 2. The van der Waals surface area contributed by atoms with Crippen molar-refractivity contribution < 1.29 is 18.0 Å². The van der Waals surface area contributed by atoms with E-state index in [0.29, 0.717) is 15.9 Å². The predicted molar refractivity (Wildman–Crippen MR) is 118 cm³/mol. The van der Waals surface area contributed by atoms with E-state index in [4.69, 9.17) is 11.6 Å². The van der Waals surface area contributed by atoms with Gasteiger partial charge in [-0.05, 0) is 68.1 Å². The Morgan fingerprint density at radius 2 is 1.77 bits per heavy atom. The van der Waals surface area contributed by atoms with E-state index >= 15 is 0 Å². The average Bonchev–Trinajstić information content (AvgIpc) is 3.41. The maximum absolute atomic E-state index is 13.6. The number of carbonyl (C=O) groups excluding carboxylic acids is 2. The largest absolute Gasteiger partial charge is 0.352 e. The quantitative estimate of drug-likeness (QED) is 0.525. The highest BCUT2D eigenvalue weighted by Gasteiger charge is 2.30. The van der Waals surface area contributed by atoms with E-state index in [1.54, 1.807) is 24.3 Å². The molecule has 3 N–H and O–H groups in total. The molecule has 9 heteroatoms. The number of benzene rings is 2. The van der Waals surface area contributed by atoms with E-state index in [2.05, 4.69) is 15.6 Å². The lowest BCUT2D eigenvalue weighted by molar-refractivity contribution is -0.120. The Kier molecular flexibility index (Phi) is 5.53. The molecule has 0 unspecified atom stereocenters. The maximum Gasteiger partial charge on any atom is 0.269 e. The summed E-state index contributed by atoms with van der Waals surface area (Å²) in [5.41, 5.74) is 1.91. The Hall–Kier alpha value is -2.84. The van der Waals surface area contributed by atoms with Crippen LogP contribution in [0.5, 0.6) is 0 Å². The number of hydrogen-bond donors (Lipinski definition) is 3. The molecule has 2 aromatic carbocycles. The van der Waals surface area contributed by atoms with Crippen LogP contribution in [0.3, 0.4) is 0 Å². The second-order valence-electron chi connectivity index (χ2n) is 7.87. The van der Waals surface area contributed by atoms with Crippen LogP contribution in [-0.4, -0.2) is 37.8 Å². The summed E-state index contributed by atoms with van der Waals surface area (Å²) < 4.78 is 27.2. The molecule has 1 fully saturated rings. The van der Waals surface area contributed by atoms with E-state index < -0.39 is 15.7 Å². The molecule has 1 saturated carbocycles. The lowest BCUT2D eigenvalue weighted by Gasteiger charge is -2.10. The zero-order valence-corrected chi connectivity index (χ0v) is 18.7. The summed E-state index contributed by atoms with van der Waals surface area (Å²) in [6, 6.07) is 9.91. The summed E-state index contributed by atoms with van der Waals surface area (Å²) in [4.78, 5) is 27.7. The van der Waals surface area contributed by atoms with Crippen LogP contribution in [0.25, 0.3) is 10.9 Å². The number of rotatable bonds is 6. The number of H-pyrrole nitrogens is 1. The van der Waals surface area contributed by atoms with Gasteiger partial charge >= 0.3 is 0 Å². The van der Waals surface area contributed by atoms with Gasteiger partial charge in [0.15, 0.2) is 0 Å². The molecule has 31 heavy (non-hydrogen) atoms. The van der Waals surface area contributed by atoms with Gasteiger partial charge in [-0.1, -0.05) is 17.7 Å². The SMILES string of the molecule is Cc1cc(C)cc(S(=O)(=O)c2c(C(=O)NCC(=O)NC3CC3)[nH]c3ccc(Cl)cc23)c1. The number of aryl methyl sites for hydroxylation is 2. The van der Waals surface area contributed by atoms with Gasteiger partial charge in [-0.25, -0.2) is 8.42 Å². The first kappa shape index (κ1) is 21.4. The van der Waals surface area contributed by atoms with Crippen molar-refractivity contribution in [2.24, 2.45) is 0 Å². The third kappa shape index (κ3) is 4.45. The van der Waals surface area contributed by atoms with Crippen molar-refractivity contribution in [3.05, 3.63) is 58.2 Å². The molecule has 162 valence electrons. The topological polar surface area (TPSA) is 108 Å². The summed E-state index contributed by atoms with van der Waals surface area (Å²) in [7, 11) is -4.06. The van der Waals surface area contributed by atoms with Crippen LogP contribution < -0.4 is 10.6 Å². The minimum atomic E-state index is -4.06. The molecule has 7 nitrogen and oxygen atoms in total. The van der Waals surface area contributed by atoms with Gasteiger partial charge in [0.05, 0.1) is 11.4 Å². The van der Waals surface area contributed by atoms with Crippen molar-refractivity contribution >= 4 is 44.2 Å². The van der Waals surface area contributed by atoms with Crippen molar-refractivity contribution in [2.45, 2.75) is 42.5 Å². The molecular formula is C22H22ClN3O4S. The number of sulfone groups is 1. The van der Waals surface area contributed by atoms with Crippen LogP contribution in [0, 0.1) is 13.8 Å². The van der Waals surface area contributed by atoms with Gasteiger partial charge in [-0.15, -0.1) is 0 Å². The average molecular weight is 460 g/mol. The maximum atomic E-state index is 13.6. The second kappa shape index (κ2) is 8.01. The molecule has 0 spiro atoms. The number of aromatic amines is 1. The Bertz CT molecular complexity index is 1290. The van der Waals surface area contributed by atoms with Crippen molar-refractivity contribution in [2.75, 3.05) is 6.54 Å². The van der Waals surface area contributed by atoms with Crippen molar-refractivity contribution in [3.63, 3.8) is 0 Å². The fourth-order valence-electron chi connectivity index (χ4n) is 3.54. The standard InChI is InChI=1S/C22H22ClN3O4S/c1-12-7-13(2)9-16(8-12)31(29,30)21-17-10-14(23)3-6-18(17)26-20(21)22(28)24-11-19(27)25-15-4-5-15/h3,6-10,15,26H,4-5,11H2,1-2H3,(H,24,28)(H,25,27). The highest BCUT2D eigenvalue weighted by atomic mass is 35.5. The van der Waals surface area contributed by atoms with Gasteiger partial charge < -0.3 is 15.6 Å². The van der Waals surface area contributed by atoms with Crippen LogP contribution in [0.15, 0.2) is 46.2 Å². The Balaban J connectivity index is 1.78.